The highest BCUT2D eigenvalue weighted by Gasteiger charge is 2.17. The molecule has 0 saturated heterocycles. The van der Waals surface area contributed by atoms with Gasteiger partial charge in [-0.25, -0.2) is 9.36 Å². The van der Waals surface area contributed by atoms with E-state index in [9.17, 15) is 9.59 Å². The van der Waals surface area contributed by atoms with Crippen LogP contribution in [0, 0.1) is 13.8 Å². The molecule has 3 rings (SSSR count). The lowest BCUT2D eigenvalue weighted by molar-refractivity contribution is -0.117. The number of hydrogen-bond donors (Lipinski definition) is 2. The maximum atomic E-state index is 12.1. The lowest BCUT2D eigenvalue weighted by atomic mass is 10.2. The summed E-state index contributed by atoms with van der Waals surface area (Å²) in [6.07, 6.45) is 0. The maximum Gasteiger partial charge on any atom is 0.271 e. The van der Waals surface area contributed by atoms with Crippen molar-refractivity contribution >= 4 is 23.6 Å². The number of rotatable bonds is 6. The van der Waals surface area contributed by atoms with Gasteiger partial charge in [0, 0.05) is 11.3 Å². The fourth-order valence-electron chi connectivity index (χ4n) is 2.45. The Morgan fingerprint density at radius 3 is 2.54 bits per heavy atom. The van der Waals surface area contributed by atoms with Gasteiger partial charge in [-0.2, -0.15) is 5.10 Å². The summed E-state index contributed by atoms with van der Waals surface area (Å²) < 4.78 is 7.86. The average molecular weight is 401 g/mol. The summed E-state index contributed by atoms with van der Waals surface area (Å²) in [6, 6.07) is 8.33. The molecule has 0 aliphatic heterocycles. The second-order valence-electron chi connectivity index (χ2n) is 5.89. The Labute approximate surface area is 165 Å². The van der Waals surface area contributed by atoms with Crippen molar-refractivity contribution in [1.29, 1.82) is 0 Å². The average Bonchev–Trinajstić information content (AvgIpc) is 3.20. The number of imide groups is 1. The third kappa shape index (κ3) is 4.14. The van der Waals surface area contributed by atoms with Crippen LogP contribution in [0.5, 0.6) is 5.75 Å². The number of carbonyl (C=O) groups is 2. The van der Waals surface area contributed by atoms with Gasteiger partial charge in [0.05, 0.1) is 18.6 Å². The third-order valence-corrected chi connectivity index (χ3v) is 4.73. The maximum absolute atomic E-state index is 12.1. The summed E-state index contributed by atoms with van der Waals surface area (Å²) in [4.78, 5) is 24.2. The van der Waals surface area contributed by atoms with E-state index in [2.05, 4.69) is 20.6 Å². The van der Waals surface area contributed by atoms with Crippen LogP contribution in [0.1, 0.15) is 21.7 Å². The fourth-order valence-corrected chi connectivity index (χ4v) is 3.10. The molecular formula is C17H19N7O3S. The Morgan fingerprint density at radius 1 is 1.21 bits per heavy atom. The summed E-state index contributed by atoms with van der Waals surface area (Å²) in [5.74, 6) is 5.97. The summed E-state index contributed by atoms with van der Waals surface area (Å²) in [7, 11) is 1.53. The van der Waals surface area contributed by atoms with Gasteiger partial charge in [0.15, 0.2) is 0 Å². The van der Waals surface area contributed by atoms with Crippen LogP contribution in [0.2, 0.25) is 0 Å². The molecule has 0 unspecified atom stereocenters. The van der Waals surface area contributed by atoms with Crippen LogP contribution in [0.3, 0.4) is 0 Å². The van der Waals surface area contributed by atoms with Crippen LogP contribution in [-0.2, 0) is 4.79 Å². The molecule has 0 aliphatic carbocycles. The van der Waals surface area contributed by atoms with E-state index in [4.69, 9.17) is 10.6 Å². The van der Waals surface area contributed by atoms with Crippen LogP contribution in [0.4, 0.5) is 0 Å². The first-order chi connectivity index (χ1) is 13.4. The Kier molecular flexibility index (Phi) is 5.64. The van der Waals surface area contributed by atoms with E-state index < -0.39 is 11.8 Å². The molecule has 0 radical (unpaired) electrons. The fraction of sp³-hybridized carbons (Fsp3) is 0.235. The number of methoxy groups -OCH3 is 1. The molecule has 1 aromatic carbocycles. The number of nitrogens with zero attached hydrogens (tertiary/aromatic N) is 5. The minimum Gasteiger partial charge on any atom is -0.497 e. The smallest absolute Gasteiger partial charge is 0.271 e. The number of amides is 2. The van der Waals surface area contributed by atoms with Gasteiger partial charge in [-0.3, -0.25) is 14.9 Å². The highest BCUT2D eigenvalue weighted by Crippen LogP contribution is 2.17. The summed E-state index contributed by atoms with van der Waals surface area (Å²) in [5.41, 5.74) is 2.04. The molecule has 0 spiro atoms. The number of nitrogen functional groups attached to an aromatic ring is 1. The quantitative estimate of drug-likeness (QED) is 0.459. The van der Waals surface area contributed by atoms with Crippen LogP contribution in [0.15, 0.2) is 35.5 Å². The molecule has 2 aromatic heterocycles. The van der Waals surface area contributed by atoms with Crippen molar-refractivity contribution in [3.8, 4) is 11.7 Å². The molecule has 2 heterocycles. The van der Waals surface area contributed by atoms with Crippen molar-refractivity contribution < 1.29 is 14.3 Å². The zero-order chi connectivity index (χ0) is 20.3. The number of aromatic nitrogens is 5. The Hall–Kier alpha value is -3.34. The molecule has 0 atom stereocenters. The molecule has 0 fully saturated rings. The van der Waals surface area contributed by atoms with E-state index >= 15 is 0 Å². The van der Waals surface area contributed by atoms with Gasteiger partial charge in [-0.1, -0.05) is 11.8 Å². The minimum atomic E-state index is -0.495. The first-order valence-electron chi connectivity index (χ1n) is 8.24. The number of ether oxygens (including phenoxy) is 1. The normalized spacial score (nSPS) is 10.7. The van der Waals surface area contributed by atoms with Gasteiger partial charge in [-0.05, 0) is 44.2 Å². The number of thioether (sulfide) groups is 1. The molecule has 146 valence electrons. The van der Waals surface area contributed by atoms with E-state index in [0.717, 1.165) is 23.1 Å². The number of benzene rings is 1. The van der Waals surface area contributed by atoms with E-state index in [1.54, 1.807) is 28.9 Å². The second kappa shape index (κ2) is 8.13. The van der Waals surface area contributed by atoms with Crippen molar-refractivity contribution in [3.05, 3.63) is 47.3 Å². The summed E-state index contributed by atoms with van der Waals surface area (Å²) in [6.45, 7) is 3.74. The Bertz CT molecular complexity index is 1010. The van der Waals surface area contributed by atoms with E-state index in [-0.39, 0.29) is 5.75 Å². The minimum absolute atomic E-state index is 0.0473. The van der Waals surface area contributed by atoms with Crippen molar-refractivity contribution in [2.24, 2.45) is 0 Å². The van der Waals surface area contributed by atoms with Gasteiger partial charge in [0.1, 0.15) is 5.75 Å². The first-order valence-corrected chi connectivity index (χ1v) is 9.22. The molecular weight excluding hydrogens is 382 g/mol. The predicted molar refractivity (Wildman–Crippen MR) is 103 cm³/mol. The molecule has 10 nitrogen and oxygen atoms in total. The molecule has 3 N–H and O–H groups in total. The van der Waals surface area contributed by atoms with Crippen LogP contribution >= 0.6 is 11.8 Å². The molecule has 28 heavy (non-hydrogen) atoms. The largest absolute Gasteiger partial charge is 0.497 e. The van der Waals surface area contributed by atoms with Gasteiger partial charge < -0.3 is 10.6 Å². The second-order valence-corrected chi connectivity index (χ2v) is 6.83. The van der Waals surface area contributed by atoms with Gasteiger partial charge >= 0.3 is 0 Å². The van der Waals surface area contributed by atoms with Gasteiger partial charge in [-0.15, -0.1) is 10.2 Å². The molecule has 2 amide bonds. The molecule has 11 heteroatoms. The molecule has 0 saturated carbocycles. The van der Waals surface area contributed by atoms with Crippen LogP contribution in [-0.4, -0.2) is 49.3 Å². The monoisotopic (exact) mass is 401 g/mol. The van der Waals surface area contributed by atoms with Crippen molar-refractivity contribution in [2.45, 2.75) is 19.0 Å². The number of nitrogens with two attached hydrogens (primary N) is 1. The van der Waals surface area contributed by atoms with Gasteiger partial charge in [0.25, 0.3) is 11.9 Å². The molecule has 3 aromatic rings. The Morgan fingerprint density at radius 2 is 1.93 bits per heavy atom. The standard InChI is InChI=1S/C17H19N7O3S/c1-10-8-11(2)24(22-10)16-20-21-17(23(16)18)28-9-14(25)19-15(26)12-4-6-13(27-3)7-5-12/h4-8H,9,18H2,1-3H3,(H,19,25,26). The summed E-state index contributed by atoms with van der Waals surface area (Å²) in [5, 5.41) is 15.0. The number of nitrogens with one attached hydrogen (secondary N) is 1. The topological polar surface area (TPSA) is 130 Å². The van der Waals surface area contributed by atoms with E-state index in [1.807, 2.05) is 19.9 Å². The third-order valence-electron chi connectivity index (χ3n) is 3.78. The number of aryl methyl sites for hydroxylation is 2. The zero-order valence-electron chi connectivity index (χ0n) is 15.5. The zero-order valence-corrected chi connectivity index (χ0v) is 16.4. The predicted octanol–water partition coefficient (Wildman–Crippen LogP) is 0.852. The van der Waals surface area contributed by atoms with Crippen molar-refractivity contribution in [3.63, 3.8) is 0 Å². The molecule has 0 bridgehead atoms. The SMILES string of the molecule is COc1ccc(C(=O)NC(=O)CSc2nnc(-n3nc(C)cc3C)n2N)cc1. The van der Waals surface area contributed by atoms with Crippen LogP contribution < -0.4 is 15.9 Å². The lowest BCUT2D eigenvalue weighted by Crippen LogP contribution is -2.32. The van der Waals surface area contributed by atoms with E-state index in [1.165, 1.54) is 11.8 Å². The molecule has 0 aliphatic rings. The van der Waals surface area contributed by atoms with Crippen molar-refractivity contribution in [1.82, 2.24) is 30.0 Å². The number of carbonyl (C=O) groups excluding carboxylic acids is 2. The lowest BCUT2D eigenvalue weighted by Gasteiger charge is -2.06. The van der Waals surface area contributed by atoms with Gasteiger partial charge in [0.2, 0.25) is 11.1 Å². The first kappa shape index (κ1) is 19.4. The highest BCUT2D eigenvalue weighted by molar-refractivity contribution is 7.99. The van der Waals surface area contributed by atoms with Crippen LogP contribution in [0.25, 0.3) is 5.95 Å². The highest BCUT2D eigenvalue weighted by atomic mass is 32.2. The van der Waals surface area contributed by atoms with E-state index in [0.29, 0.717) is 22.4 Å². The Balaban J connectivity index is 1.60. The summed E-state index contributed by atoms with van der Waals surface area (Å²) >= 11 is 1.07. The number of hydrogen-bond acceptors (Lipinski definition) is 8. The van der Waals surface area contributed by atoms with Crippen molar-refractivity contribution in [2.75, 3.05) is 18.7 Å².